The van der Waals surface area contributed by atoms with E-state index in [0.717, 1.165) is 48.3 Å². The molecule has 0 radical (unpaired) electrons. The van der Waals surface area contributed by atoms with Gasteiger partial charge < -0.3 is 19.6 Å². The molecule has 1 aliphatic carbocycles. The van der Waals surface area contributed by atoms with Gasteiger partial charge in [-0.3, -0.25) is 9.69 Å². The molecule has 6 rings (SSSR count). The van der Waals surface area contributed by atoms with Gasteiger partial charge in [0.2, 0.25) is 0 Å². The second-order valence-corrected chi connectivity index (χ2v) is 8.57. The quantitative estimate of drug-likeness (QED) is 0.794. The number of methoxy groups -OCH3 is 2. The summed E-state index contributed by atoms with van der Waals surface area (Å²) in [6, 6.07) is 5.99. The second-order valence-electron chi connectivity index (χ2n) is 8.57. The van der Waals surface area contributed by atoms with E-state index in [1.165, 1.54) is 12.7 Å². The molecule has 6 unspecified atom stereocenters. The van der Waals surface area contributed by atoms with Gasteiger partial charge in [0, 0.05) is 41.6 Å². The number of ether oxygens (including phenoxy) is 2. The average Bonchev–Trinajstić information content (AvgIpc) is 3.06. The zero-order chi connectivity index (χ0) is 19.6. The first kappa shape index (κ1) is 18.0. The summed E-state index contributed by atoms with van der Waals surface area (Å²) in [6.07, 6.45) is 2.00. The third-order valence-electron chi connectivity index (χ3n) is 7.51. The van der Waals surface area contributed by atoms with E-state index in [1.54, 1.807) is 7.11 Å². The standard InChI is InChI=1S/C22H28N2O4/c1-4-14-18(25)12-10-22(21(26)28-3)19-15(7-8-24(11-12)20(14)22)16-9-13(27-2)5-6-17(16)23-19/h5-6,9,12,14,18,20,23,25H,4,7-8,10-11H2,1-3H3. The molecular weight excluding hydrogens is 356 g/mol. The van der Waals surface area contributed by atoms with Crippen molar-refractivity contribution < 1.29 is 19.4 Å². The number of aromatic nitrogens is 1. The number of H-pyrrole nitrogens is 1. The summed E-state index contributed by atoms with van der Waals surface area (Å²) in [6.45, 7) is 3.86. The maximum atomic E-state index is 13.4. The van der Waals surface area contributed by atoms with Gasteiger partial charge in [0.15, 0.2) is 0 Å². The number of nitrogens with zero attached hydrogens (tertiary/aromatic N) is 1. The maximum Gasteiger partial charge on any atom is 0.319 e. The van der Waals surface area contributed by atoms with E-state index in [1.807, 2.05) is 12.1 Å². The van der Waals surface area contributed by atoms with Crippen LogP contribution < -0.4 is 4.74 Å². The van der Waals surface area contributed by atoms with E-state index >= 15 is 0 Å². The molecule has 3 aliphatic heterocycles. The number of piperidine rings is 2. The number of benzene rings is 1. The zero-order valence-electron chi connectivity index (χ0n) is 16.7. The molecule has 1 saturated carbocycles. The van der Waals surface area contributed by atoms with Crippen LogP contribution in [0.2, 0.25) is 0 Å². The fourth-order valence-electron chi connectivity index (χ4n) is 6.41. The number of carbonyl (C=O) groups is 1. The minimum absolute atomic E-state index is 0.0406. The molecule has 2 aromatic rings. The predicted molar refractivity (Wildman–Crippen MR) is 106 cm³/mol. The van der Waals surface area contributed by atoms with Crippen molar-refractivity contribution in [2.45, 2.75) is 43.7 Å². The monoisotopic (exact) mass is 384 g/mol. The minimum Gasteiger partial charge on any atom is -0.497 e. The molecule has 6 atom stereocenters. The maximum absolute atomic E-state index is 13.4. The van der Waals surface area contributed by atoms with Gasteiger partial charge in [0.1, 0.15) is 11.2 Å². The van der Waals surface area contributed by atoms with E-state index in [2.05, 4.69) is 22.9 Å². The lowest BCUT2D eigenvalue weighted by molar-refractivity contribution is -0.176. The molecule has 0 spiro atoms. The van der Waals surface area contributed by atoms with Crippen LogP contribution in [0.15, 0.2) is 18.2 Å². The van der Waals surface area contributed by atoms with Crippen LogP contribution in [-0.2, 0) is 21.4 Å². The molecule has 0 amide bonds. The Hall–Kier alpha value is -2.05. The summed E-state index contributed by atoms with van der Waals surface area (Å²) in [5.41, 5.74) is 2.46. The summed E-state index contributed by atoms with van der Waals surface area (Å²) >= 11 is 0. The van der Waals surface area contributed by atoms with Crippen LogP contribution in [0, 0.1) is 11.8 Å². The average molecular weight is 384 g/mol. The van der Waals surface area contributed by atoms with Gasteiger partial charge in [-0.05, 0) is 48.9 Å². The summed E-state index contributed by atoms with van der Waals surface area (Å²) in [5, 5.41) is 12.0. The first-order valence-corrected chi connectivity index (χ1v) is 10.2. The van der Waals surface area contributed by atoms with E-state index in [0.29, 0.717) is 6.42 Å². The highest BCUT2D eigenvalue weighted by molar-refractivity contribution is 5.92. The first-order valence-electron chi connectivity index (χ1n) is 10.2. The number of aliphatic hydroxyl groups is 1. The van der Waals surface area contributed by atoms with Crippen molar-refractivity contribution in [3.8, 4) is 5.75 Å². The first-order chi connectivity index (χ1) is 13.5. The lowest BCUT2D eigenvalue weighted by Gasteiger charge is -2.59. The Bertz CT molecular complexity index is 938. The van der Waals surface area contributed by atoms with Gasteiger partial charge in [-0.1, -0.05) is 6.92 Å². The molecule has 4 bridgehead atoms. The van der Waals surface area contributed by atoms with Crippen LogP contribution in [0.25, 0.3) is 10.9 Å². The number of carbonyl (C=O) groups excluding carboxylic acids is 1. The Kier molecular flexibility index (Phi) is 4.00. The van der Waals surface area contributed by atoms with Gasteiger partial charge in [-0.15, -0.1) is 0 Å². The topological polar surface area (TPSA) is 74.8 Å². The number of nitrogens with one attached hydrogen (secondary N) is 1. The second kappa shape index (κ2) is 6.22. The van der Waals surface area contributed by atoms with Crippen LogP contribution in [-0.4, -0.2) is 60.4 Å². The summed E-state index contributed by atoms with van der Waals surface area (Å²) in [4.78, 5) is 19.4. The Morgan fingerprint density at radius 2 is 2.21 bits per heavy atom. The van der Waals surface area contributed by atoms with Crippen molar-refractivity contribution in [2.75, 3.05) is 27.3 Å². The van der Waals surface area contributed by atoms with Crippen molar-refractivity contribution >= 4 is 16.9 Å². The van der Waals surface area contributed by atoms with Gasteiger partial charge in [0.05, 0.1) is 20.3 Å². The van der Waals surface area contributed by atoms with E-state index in [4.69, 9.17) is 9.47 Å². The van der Waals surface area contributed by atoms with Gasteiger partial charge in [0.25, 0.3) is 0 Å². The van der Waals surface area contributed by atoms with Crippen LogP contribution >= 0.6 is 0 Å². The largest absolute Gasteiger partial charge is 0.497 e. The molecule has 2 saturated heterocycles. The highest BCUT2D eigenvalue weighted by Gasteiger charge is 2.65. The number of aromatic amines is 1. The normalized spacial score (nSPS) is 36.1. The molecule has 6 nitrogen and oxygen atoms in total. The summed E-state index contributed by atoms with van der Waals surface area (Å²) < 4.78 is 10.9. The highest BCUT2D eigenvalue weighted by Crippen LogP contribution is 2.55. The number of aliphatic hydroxyl groups excluding tert-OH is 1. The lowest BCUT2D eigenvalue weighted by Crippen LogP contribution is -2.71. The van der Waals surface area contributed by atoms with Crippen LogP contribution in [0.4, 0.5) is 0 Å². The Morgan fingerprint density at radius 1 is 1.39 bits per heavy atom. The molecular formula is C22H28N2O4. The highest BCUT2D eigenvalue weighted by atomic mass is 16.5. The number of rotatable bonds is 3. The minimum atomic E-state index is -0.754. The Balaban J connectivity index is 1.79. The molecule has 4 heterocycles. The fraction of sp³-hybridized carbons (Fsp3) is 0.591. The molecule has 6 heteroatoms. The van der Waals surface area contributed by atoms with Gasteiger partial charge in [-0.2, -0.15) is 0 Å². The van der Waals surface area contributed by atoms with Crippen LogP contribution in [0.5, 0.6) is 5.75 Å². The molecule has 150 valence electrons. The van der Waals surface area contributed by atoms with E-state index < -0.39 is 5.41 Å². The summed E-state index contributed by atoms with van der Waals surface area (Å²) in [5.74, 6) is 0.788. The predicted octanol–water partition coefficient (Wildman–Crippen LogP) is 2.23. The Labute approximate surface area is 164 Å². The number of fused-ring (bicyclic) bond motifs is 4. The van der Waals surface area contributed by atoms with E-state index in [-0.39, 0.29) is 30.0 Å². The van der Waals surface area contributed by atoms with Crippen molar-refractivity contribution in [1.82, 2.24) is 9.88 Å². The van der Waals surface area contributed by atoms with Crippen molar-refractivity contribution in [3.05, 3.63) is 29.5 Å². The molecule has 4 aliphatic rings. The number of esters is 1. The van der Waals surface area contributed by atoms with Crippen molar-refractivity contribution in [2.24, 2.45) is 11.8 Å². The smallest absolute Gasteiger partial charge is 0.319 e. The molecule has 1 aromatic carbocycles. The SMILES string of the molecule is CCC1C(O)C2CN3CCc4c([nH]c5ccc(OC)cc45)C(C(=O)OC)(C2)C13. The lowest BCUT2D eigenvalue weighted by atomic mass is 9.55. The third-order valence-corrected chi connectivity index (χ3v) is 7.51. The van der Waals surface area contributed by atoms with Crippen LogP contribution in [0.3, 0.4) is 0 Å². The Morgan fingerprint density at radius 3 is 2.93 bits per heavy atom. The van der Waals surface area contributed by atoms with E-state index in [9.17, 15) is 9.90 Å². The molecule has 28 heavy (non-hydrogen) atoms. The van der Waals surface area contributed by atoms with Crippen LogP contribution in [0.1, 0.15) is 31.0 Å². The van der Waals surface area contributed by atoms with Gasteiger partial charge in [-0.25, -0.2) is 0 Å². The fourth-order valence-corrected chi connectivity index (χ4v) is 6.41. The van der Waals surface area contributed by atoms with Gasteiger partial charge >= 0.3 is 5.97 Å². The third kappa shape index (κ3) is 2.13. The number of hydrogen-bond acceptors (Lipinski definition) is 5. The molecule has 3 fully saturated rings. The van der Waals surface area contributed by atoms with Crippen molar-refractivity contribution in [3.63, 3.8) is 0 Å². The summed E-state index contributed by atoms with van der Waals surface area (Å²) in [7, 11) is 3.16. The van der Waals surface area contributed by atoms with Crippen molar-refractivity contribution in [1.29, 1.82) is 0 Å². The molecule has 1 aromatic heterocycles. The molecule has 2 N–H and O–H groups in total. The zero-order valence-corrected chi connectivity index (χ0v) is 16.7. The number of hydrogen-bond donors (Lipinski definition) is 2.